The minimum Gasteiger partial charge on any atom is -0.377 e. The summed E-state index contributed by atoms with van der Waals surface area (Å²) in [5.74, 6) is -1.55. The van der Waals surface area contributed by atoms with Crippen molar-refractivity contribution in [1.82, 2.24) is 10.2 Å². The Hall–Kier alpha value is -1.04. The Kier molecular flexibility index (Phi) is 6.08. The van der Waals surface area contributed by atoms with Crippen LogP contribution in [0.4, 0.5) is 8.78 Å². The largest absolute Gasteiger partial charge is 0.377 e. The van der Waals surface area contributed by atoms with E-state index in [0.29, 0.717) is 18.7 Å². The van der Waals surface area contributed by atoms with Gasteiger partial charge in [0.2, 0.25) is 0 Å². The van der Waals surface area contributed by atoms with E-state index in [9.17, 15) is 8.78 Å². The van der Waals surface area contributed by atoms with Gasteiger partial charge in [-0.15, -0.1) is 0 Å². The van der Waals surface area contributed by atoms with E-state index >= 15 is 0 Å². The van der Waals surface area contributed by atoms with Crippen molar-refractivity contribution in [1.29, 1.82) is 0 Å². The zero-order valence-electron chi connectivity index (χ0n) is 12.7. The van der Waals surface area contributed by atoms with Crippen LogP contribution >= 0.6 is 0 Å². The summed E-state index contributed by atoms with van der Waals surface area (Å²) in [6.07, 6.45) is 2.44. The Morgan fingerprint density at radius 2 is 2.24 bits per heavy atom. The van der Waals surface area contributed by atoms with Crippen molar-refractivity contribution in [2.24, 2.45) is 0 Å². The summed E-state index contributed by atoms with van der Waals surface area (Å²) in [6, 6.07) is 4.12. The Morgan fingerprint density at radius 3 is 2.90 bits per heavy atom. The number of nitrogens with zero attached hydrogens (tertiary/aromatic N) is 1. The molecule has 1 aliphatic heterocycles. The van der Waals surface area contributed by atoms with Gasteiger partial charge in [-0.05, 0) is 32.5 Å². The standard InChI is InChI=1S/C16H24F2N2O/c1-3-19-15(13-7-4-8-14(17)16(13)18)11-20(2)10-12-6-5-9-21-12/h4,7-8,12,15,19H,3,5-6,9-11H2,1-2H3. The quantitative estimate of drug-likeness (QED) is 0.837. The number of likely N-dealkylation sites (N-methyl/N-ethyl adjacent to an activating group) is 2. The lowest BCUT2D eigenvalue weighted by Gasteiger charge is -2.27. The summed E-state index contributed by atoms with van der Waals surface area (Å²) >= 11 is 0. The number of hydrogen-bond donors (Lipinski definition) is 1. The second-order valence-corrected chi connectivity index (χ2v) is 5.61. The summed E-state index contributed by atoms with van der Waals surface area (Å²) in [5, 5.41) is 3.23. The third-order valence-corrected chi connectivity index (χ3v) is 3.84. The molecule has 0 amide bonds. The molecule has 1 aromatic carbocycles. The van der Waals surface area contributed by atoms with E-state index in [4.69, 9.17) is 4.74 Å². The van der Waals surface area contributed by atoms with Crippen LogP contribution in [0.5, 0.6) is 0 Å². The van der Waals surface area contributed by atoms with E-state index in [1.54, 1.807) is 12.1 Å². The van der Waals surface area contributed by atoms with E-state index < -0.39 is 11.6 Å². The van der Waals surface area contributed by atoms with Gasteiger partial charge in [0.05, 0.1) is 6.10 Å². The van der Waals surface area contributed by atoms with Crippen LogP contribution in [0.15, 0.2) is 18.2 Å². The molecule has 1 N–H and O–H groups in total. The smallest absolute Gasteiger partial charge is 0.163 e. The maximum Gasteiger partial charge on any atom is 0.163 e. The van der Waals surface area contributed by atoms with Crippen molar-refractivity contribution < 1.29 is 13.5 Å². The molecule has 1 aromatic rings. The van der Waals surface area contributed by atoms with Crippen LogP contribution in [-0.2, 0) is 4.74 Å². The first kappa shape index (κ1) is 16.3. The van der Waals surface area contributed by atoms with Gasteiger partial charge in [0.15, 0.2) is 11.6 Å². The highest BCUT2D eigenvalue weighted by Gasteiger charge is 2.22. The van der Waals surface area contributed by atoms with Gasteiger partial charge in [-0.3, -0.25) is 0 Å². The van der Waals surface area contributed by atoms with Gasteiger partial charge in [-0.25, -0.2) is 8.78 Å². The third-order valence-electron chi connectivity index (χ3n) is 3.84. The fraction of sp³-hybridized carbons (Fsp3) is 0.625. The molecule has 2 atom stereocenters. The normalized spacial score (nSPS) is 20.1. The summed E-state index contributed by atoms with van der Waals surface area (Å²) in [4.78, 5) is 2.12. The van der Waals surface area contributed by atoms with Crippen LogP contribution in [-0.4, -0.2) is 44.3 Å². The Labute approximate surface area is 125 Å². The highest BCUT2D eigenvalue weighted by molar-refractivity contribution is 5.23. The van der Waals surface area contributed by atoms with Crippen molar-refractivity contribution in [2.75, 3.05) is 33.3 Å². The highest BCUT2D eigenvalue weighted by Crippen LogP contribution is 2.21. The lowest BCUT2D eigenvalue weighted by Crippen LogP contribution is -2.37. The average molecular weight is 298 g/mol. The summed E-state index contributed by atoms with van der Waals surface area (Å²) in [7, 11) is 1.99. The second kappa shape index (κ2) is 7.82. The topological polar surface area (TPSA) is 24.5 Å². The maximum atomic E-state index is 14.0. The van der Waals surface area contributed by atoms with E-state index in [1.165, 1.54) is 0 Å². The average Bonchev–Trinajstić information content (AvgIpc) is 2.94. The first-order valence-electron chi connectivity index (χ1n) is 7.59. The monoisotopic (exact) mass is 298 g/mol. The van der Waals surface area contributed by atoms with Gasteiger partial charge >= 0.3 is 0 Å². The summed E-state index contributed by atoms with van der Waals surface area (Å²) in [5.41, 5.74) is 0.385. The van der Waals surface area contributed by atoms with Gasteiger partial charge in [0.1, 0.15) is 0 Å². The first-order valence-corrected chi connectivity index (χ1v) is 7.59. The second-order valence-electron chi connectivity index (χ2n) is 5.61. The molecular weight excluding hydrogens is 274 g/mol. The molecule has 2 unspecified atom stereocenters. The molecule has 0 bridgehead atoms. The lowest BCUT2D eigenvalue weighted by molar-refractivity contribution is 0.0783. The molecule has 0 aliphatic carbocycles. The van der Waals surface area contributed by atoms with Crippen LogP contribution in [0.3, 0.4) is 0 Å². The number of benzene rings is 1. The fourth-order valence-corrected chi connectivity index (χ4v) is 2.83. The fourth-order valence-electron chi connectivity index (χ4n) is 2.83. The van der Waals surface area contributed by atoms with Crippen LogP contribution < -0.4 is 5.32 Å². The first-order chi connectivity index (χ1) is 10.1. The van der Waals surface area contributed by atoms with Crippen molar-refractivity contribution in [3.05, 3.63) is 35.4 Å². The molecule has 1 saturated heterocycles. The van der Waals surface area contributed by atoms with Gasteiger partial charge < -0.3 is 15.0 Å². The molecule has 0 radical (unpaired) electrons. The molecule has 1 fully saturated rings. The Bertz CT molecular complexity index is 450. The molecule has 1 aliphatic rings. The van der Waals surface area contributed by atoms with Crippen molar-refractivity contribution in [3.8, 4) is 0 Å². The van der Waals surface area contributed by atoms with Crippen LogP contribution in [0.25, 0.3) is 0 Å². The molecule has 3 nitrogen and oxygen atoms in total. The zero-order chi connectivity index (χ0) is 15.2. The molecule has 21 heavy (non-hydrogen) atoms. The maximum absolute atomic E-state index is 14.0. The predicted octanol–water partition coefficient (Wildman–Crippen LogP) is 2.73. The Morgan fingerprint density at radius 1 is 1.43 bits per heavy atom. The lowest BCUT2D eigenvalue weighted by atomic mass is 10.0. The van der Waals surface area contributed by atoms with Crippen molar-refractivity contribution in [3.63, 3.8) is 0 Å². The van der Waals surface area contributed by atoms with Crippen LogP contribution in [0, 0.1) is 11.6 Å². The van der Waals surface area contributed by atoms with Gasteiger partial charge in [-0.2, -0.15) is 0 Å². The SMILES string of the molecule is CCNC(CN(C)CC1CCCO1)c1cccc(F)c1F. The van der Waals surface area contributed by atoms with Crippen LogP contribution in [0.2, 0.25) is 0 Å². The van der Waals surface area contributed by atoms with Crippen molar-refractivity contribution >= 4 is 0 Å². The molecule has 0 aromatic heterocycles. The third kappa shape index (κ3) is 4.46. The minimum absolute atomic E-state index is 0.225. The molecule has 118 valence electrons. The molecule has 1 heterocycles. The van der Waals surface area contributed by atoms with E-state index in [2.05, 4.69) is 10.2 Å². The van der Waals surface area contributed by atoms with Gasteiger partial charge in [0, 0.05) is 31.3 Å². The Balaban J connectivity index is 2.02. The number of rotatable bonds is 7. The summed E-state index contributed by atoms with van der Waals surface area (Å²) < 4.78 is 33.0. The number of ether oxygens (including phenoxy) is 1. The molecule has 5 heteroatoms. The predicted molar refractivity (Wildman–Crippen MR) is 79.2 cm³/mol. The van der Waals surface area contributed by atoms with E-state index in [-0.39, 0.29) is 12.1 Å². The highest BCUT2D eigenvalue weighted by atomic mass is 19.2. The molecule has 0 spiro atoms. The molecule has 2 rings (SSSR count). The minimum atomic E-state index is -0.794. The van der Waals surface area contributed by atoms with E-state index in [1.807, 2.05) is 14.0 Å². The van der Waals surface area contributed by atoms with Gasteiger partial charge in [-0.1, -0.05) is 19.1 Å². The molecule has 0 saturated carbocycles. The van der Waals surface area contributed by atoms with Gasteiger partial charge in [0.25, 0.3) is 0 Å². The summed E-state index contributed by atoms with van der Waals surface area (Å²) in [6.45, 7) is 4.93. The number of nitrogens with one attached hydrogen (secondary N) is 1. The number of hydrogen-bond acceptors (Lipinski definition) is 3. The zero-order valence-corrected chi connectivity index (χ0v) is 12.7. The number of halogens is 2. The van der Waals surface area contributed by atoms with Crippen LogP contribution in [0.1, 0.15) is 31.4 Å². The molecular formula is C16H24F2N2O. The van der Waals surface area contributed by atoms with E-state index in [0.717, 1.165) is 32.1 Å². The van der Waals surface area contributed by atoms with Crippen molar-refractivity contribution in [2.45, 2.75) is 31.9 Å².